The molecule has 4 heteroatoms. The van der Waals surface area contributed by atoms with Gasteiger partial charge in [0.2, 0.25) is 0 Å². The van der Waals surface area contributed by atoms with Gasteiger partial charge in [-0.05, 0) is 52.2 Å². The summed E-state index contributed by atoms with van der Waals surface area (Å²) in [5.41, 5.74) is 2.53. The number of nitrogens with zero attached hydrogens (tertiary/aromatic N) is 2. The lowest BCUT2D eigenvalue weighted by atomic mass is 10.0. The first kappa shape index (κ1) is 22.3. The maximum Gasteiger partial charge on any atom is 0.0449 e. The smallest absolute Gasteiger partial charge is 0.0449 e. The van der Waals surface area contributed by atoms with Crippen LogP contribution in [0.3, 0.4) is 0 Å². The molecule has 0 aromatic heterocycles. The SMILES string of the molecule is CN(C)C(CCO)c1ccccc1.CN(C)C(CCO)c1ccccc1. The van der Waals surface area contributed by atoms with Crippen LogP contribution in [0.2, 0.25) is 0 Å². The Balaban J connectivity index is 0.000000260. The quantitative estimate of drug-likeness (QED) is 0.760. The average molecular weight is 359 g/mol. The second-order valence-electron chi connectivity index (χ2n) is 6.80. The van der Waals surface area contributed by atoms with Crippen molar-refractivity contribution in [2.75, 3.05) is 41.4 Å². The Labute approximate surface area is 158 Å². The van der Waals surface area contributed by atoms with Crippen molar-refractivity contribution >= 4 is 0 Å². The summed E-state index contributed by atoms with van der Waals surface area (Å²) < 4.78 is 0. The third kappa shape index (κ3) is 7.67. The Morgan fingerprint density at radius 3 is 1.15 bits per heavy atom. The molecule has 144 valence electrons. The van der Waals surface area contributed by atoms with Gasteiger partial charge >= 0.3 is 0 Å². The first-order chi connectivity index (χ1) is 12.5. The summed E-state index contributed by atoms with van der Waals surface area (Å²) in [7, 11) is 8.14. The van der Waals surface area contributed by atoms with Crippen LogP contribution >= 0.6 is 0 Å². The van der Waals surface area contributed by atoms with Crippen molar-refractivity contribution in [2.24, 2.45) is 0 Å². The van der Waals surface area contributed by atoms with Crippen LogP contribution in [0.1, 0.15) is 36.1 Å². The van der Waals surface area contributed by atoms with Gasteiger partial charge in [0.1, 0.15) is 0 Å². The van der Waals surface area contributed by atoms with E-state index in [9.17, 15) is 0 Å². The first-order valence-corrected chi connectivity index (χ1v) is 9.15. The molecule has 2 atom stereocenters. The summed E-state index contributed by atoms with van der Waals surface area (Å²) in [4.78, 5) is 4.26. The number of benzene rings is 2. The molecule has 2 aromatic carbocycles. The van der Waals surface area contributed by atoms with Crippen LogP contribution < -0.4 is 0 Å². The number of aliphatic hydroxyl groups excluding tert-OH is 2. The van der Waals surface area contributed by atoms with Crippen molar-refractivity contribution in [3.8, 4) is 0 Å². The van der Waals surface area contributed by atoms with Crippen molar-refractivity contribution in [1.29, 1.82) is 0 Å². The lowest BCUT2D eigenvalue weighted by Gasteiger charge is -2.23. The Morgan fingerprint density at radius 1 is 0.615 bits per heavy atom. The van der Waals surface area contributed by atoms with Crippen molar-refractivity contribution in [2.45, 2.75) is 24.9 Å². The predicted octanol–water partition coefficient (Wildman–Crippen LogP) is 3.34. The first-order valence-electron chi connectivity index (χ1n) is 9.15. The highest BCUT2D eigenvalue weighted by Crippen LogP contribution is 2.21. The second kappa shape index (κ2) is 12.6. The molecular weight excluding hydrogens is 324 g/mol. The number of aliphatic hydroxyl groups is 2. The van der Waals surface area contributed by atoms with Crippen LogP contribution in [0, 0.1) is 0 Å². The van der Waals surface area contributed by atoms with Gasteiger partial charge in [0.15, 0.2) is 0 Å². The average Bonchev–Trinajstić information content (AvgIpc) is 2.65. The zero-order valence-electron chi connectivity index (χ0n) is 16.5. The zero-order chi connectivity index (χ0) is 19.4. The van der Waals surface area contributed by atoms with E-state index in [1.807, 2.05) is 64.6 Å². The van der Waals surface area contributed by atoms with E-state index < -0.39 is 0 Å². The second-order valence-corrected chi connectivity index (χ2v) is 6.80. The highest BCUT2D eigenvalue weighted by atomic mass is 16.3. The molecule has 0 saturated heterocycles. The normalized spacial score (nSPS) is 13.2. The summed E-state index contributed by atoms with van der Waals surface area (Å²) in [6.45, 7) is 0.468. The van der Waals surface area contributed by atoms with Gasteiger partial charge in [-0.25, -0.2) is 0 Å². The molecule has 0 aliphatic heterocycles. The fraction of sp³-hybridized carbons (Fsp3) is 0.455. The molecule has 0 radical (unpaired) electrons. The topological polar surface area (TPSA) is 46.9 Å². The molecule has 26 heavy (non-hydrogen) atoms. The molecule has 4 nitrogen and oxygen atoms in total. The molecule has 0 aliphatic rings. The van der Waals surface area contributed by atoms with Crippen molar-refractivity contribution in [1.82, 2.24) is 9.80 Å². The highest BCUT2D eigenvalue weighted by molar-refractivity contribution is 5.19. The summed E-state index contributed by atoms with van der Waals surface area (Å²) in [5.74, 6) is 0. The molecular formula is C22H34N2O2. The fourth-order valence-electron chi connectivity index (χ4n) is 3.04. The molecule has 0 heterocycles. The summed E-state index contributed by atoms with van der Waals surface area (Å²) in [5, 5.41) is 17.8. The van der Waals surface area contributed by atoms with Crippen molar-refractivity contribution in [3.63, 3.8) is 0 Å². The van der Waals surface area contributed by atoms with Gasteiger partial charge in [-0.1, -0.05) is 60.7 Å². The van der Waals surface area contributed by atoms with Gasteiger partial charge in [-0.3, -0.25) is 0 Å². The predicted molar refractivity (Wildman–Crippen MR) is 109 cm³/mol. The molecule has 0 spiro atoms. The van der Waals surface area contributed by atoms with Crippen LogP contribution in [0.15, 0.2) is 60.7 Å². The minimum Gasteiger partial charge on any atom is -0.396 e. The molecule has 2 rings (SSSR count). The third-order valence-electron chi connectivity index (χ3n) is 4.42. The van der Waals surface area contributed by atoms with Gasteiger partial charge in [-0.15, -0.1) is 0 Å². The van der Waals surface area contributed by atoms with Gasteiger partial charge in [0, 0.05) is 25.3 Å². The maximum atomic E-state index is 8.92. The van der Waals surface area contributed by atoms with Gasteiger partial charge in [0.05, 0.1) is 0 Å². The molecule has 0 amide bonds. The van der Waals surface area contributed by atoms with Gasteiger partial charge < -0.3 is 20.0 Å². The number of rotatable bonds is 8. The highest BCUT2D eigenvalue weighted by Gasteiger charge is 2.12. The number of hydrogen-bond acceptors (Lipinski definition) is 4. The van der Waals surface area contributed by atoms with E-state index in [2.05, 4.69) is 34.1 Å². The lowest BCUT2D eigenvalue weighted by molar-refractivity contribution is 0.210. The third-order valence-corrected chi connectivity index (χ3v) is 4.42. The summed E-state index contributed by atoms with van der Waals surface area (Å²) >= 11 is 0. The van der Waals surface area contributed by atoms with Crippen molar-refractivity contribution < 1.29 is 10.2 Å². The molecule has 0 bridgehead atoms. The fourth-order valence-corrected chi connectivity index (χ4v) is 3.04. The molecule has 2 unspecified atom stereocenters. The Morgan fingerprint density at radius 2 is 0.923 bits per heavy atom. The van der Waals surface area contributed by atoms with Crippen LogP contribution in [0.25, 0.3) is 0 Å². The van der Waals surface area contributed by atoms with Crippen LogP contribution in [0.4, 0.5) is 0 Å². The molecule has 0 saturated carbocycles. The van der Waals surface area contributed by atoms with Gasteiger partial charge in [0.25, 0.3) is 0 Å². The van der Waals surface area contributed by atoms with E-state index >= 15 is 0 Å². The Kier molecular flexibility index (Phi) is 10.8. The van der Waals surface area contributed by atoms with Crippen LogP contribution in [-0.2, 0) is 0 Å². The summed E-state index contributed by atoms with van der Waals surface area (Å²) in [6.07, 6.45) is 1.58. The van der Waals surface area contributed by atoms with E-state index in [0.29, 0.717) is 12.1 Å². The summed E-state index contributed by atoms with van der Waals surface area (Å²) in [6, 6.07) is 21.2. The monoisotopic (exact) mass is 358 g/mol. The van der Waals surface area contributed by atoms with E-state index in [0.717, 1.165) is 12.8 Å². The van der Waals surface area contributed by atoms with E-state index in [-0.39, 0.29) is 13.2 Å². The van der Waals surface area contributed by atoms with Crippen LogP contribution in [0.5, 0.6) is 0 Å². The minimum atomic E-state index is 0.234. The lowest BCUT2D eigenvalue weighted by Crippen LogP contribution is -2.20. The van der Waals surface area contributed by atoms with Crippen molar-refractivity contribution in [3.05, 3.63) is 71.8 Å². The molecule has 2 N–H and O–H groups in total. The zero-order valence-corrected chi connectivity index (χ0v) is 16.5. The van der Waals surface area contributed by atoms with E-state index in [1.165, 1.54) is 11.1 Å². The van der Waals surface area contributed by atoms with E-state index in [4.69, 9.17) is 10.2 Å². The minimum absolute atomic E-state index is 0.234. The largest absolute Gasteiger partial charge is 0.396 e. The maximum absolute atomic E-state index is 8.92. The number of hydrogen-bond donors (Lipinski definition) is 2. The Bertz CT molecular complexity index is 520. The molecule has 0 fully saturated rings. The van der Waals surface area contributed by atoms with Crippen LogP contribution in [-0.4, -0.2) is 61.4 Å². The molecule has 2 aromatic rings. The van der Waals surface area contributed by atoms with E-state index in [1.54, 1.807) is 0 Å². The standard InChI is InChI=1S/2C11H17NO/c2*1-12(2)11(8-9-13)10-6-4-3-5-7-10/h2*3-7,11,13H,8-9H2,1-2H3. The Hall–Kier alpha value is -1.72. The van der Waals surface area contributed by atoms with Gasteiger partial charge in [-0.2, -0.15) is 0 Å². The molecule has 0 aliphatic carbocycles.